The predicted molar refractivity (Wildman–Crippen MR) is 176 cm³/mol. The fourth-order valence-corrected chi connectivity index (χ4v) is 5.51. The van der Waals surface area contributed by atoms with Crippen LogP contribution in [0.5, 0.6) is 17.2 Å². The molecule has 4 aromatic carbocycles. The number of amides is 2. The van der Waals surface area contributed by atoms with E-state index in [9.17, 15) is 14.7 Å². The van der Waals surface area contributed by atoms with Gasteiger partial charge in [-0.3, -0.25) is 14.5 Å². The molecule has 0 aliphatic carbocycles. The molecular formula is C37H39F2N3O5. The Labute approximate surface area is 273 Å². The Morgan fingerprint density at radius 3 is 2.30 bits per heavy atom. The van der Waals surface area contributed by atoms with E-state index in [4.69, 9.17) is 9.47 Å². The molecule has 2 amide bonds. The third kappa shape index (κ3) is 7.96. The van der Waals surface area contributed by atoms with E-state index in [1.54, 1.807) is 17.9 Å². The highest BCUT2D eigenvalue weighted by molar-refractivity contribution is 6.03. The van der Waals surface area contributed by atoms with E-state index in [2.05, 4.69) is 10.2 Å². The van der Waals surface area contributed by atoms with Crippen molar-refractivity contribution < 1.29 is 33.0 Å². The second-order valence-corrected chi connectivity index (χ2v) is 12.0. The maximum absolute atomic E-state index is 15.2. The molecule has 0 aromatic heterocycles. The molecule has 5 rings (SSSR count). The molecule has 0 bridgehead atoms. The van der Waals surface area contributed by atoms with Crippen molar-refractivity contribution in [2.45, 2.75) is 38.5 Å². The minimum absolute atomic E-state index is 0.0113. The molecule has 47 heavy (non-hydrogen) atoms. The summed E-state index contributed by atoms with van der Waals surface area (Å²) in [6, 6.07) is 28.1. The summed E-state index contributed by atoms with van der Waals surface area (Å²) in [7, 11) is 1.94. The fraction of sp³-hybridized carbons (Fsp3) is 0.297. The number of halogens is 2. The van der Waals surface area contributed by atoms with Gasteiger partial charge in [-0.15, -0.1) is 0 Å². The molecule has 0 saturated carbocycles. The van der Waals surface area contributed by atoms with E-state index in [0.717, 1.165) is 11.3 Å². The van der Waals surface area contributed by atoms with Gasteiger partial charge in [0.15, 0.2) is 5.75 Å². The fourth-order valence-electron chi connectivity index (χ4n) is 5.51. The van der Waals surface area contributed by atoms with Crippen LogP contribution < -0.4 is 14.8 Å². The van der Waals surface area contributed by atoms with Crippen molar-refractivity contribution in [1.82, 2.24) is 9.80 Å². The molecule has 8 nitrogen and oxygen atoms in total. The monoisotopic (exact) mass is 643 g/mol. The average Bonchev–Trinajstić information content (AvgIpc) is 3.08. The van der Waals surface area contributed by atoms with Crippen LogP contribution in [0.15, 0.2) is 103 Å². The number of aliphatic hydroxyl groups excluding tert-OH is 1. The molecular weight excluding hydrogens is 604 g/mol. The highest BCUT2D eigenvalue weighted by Crippen LogP contribution is 2.37. The summed E-state index contributed by atoms with van der Waals surface area (Å²) in [5.41, 5.74) is 0.654. The average molecular weight is 644 g/mol. The highest BCUT2D eigenvalue weighted by atomic mass is 19.3. The summed E-state index contributed by atoms with van der Waals surface area (Å²) in [4.78, 5) is 30.4. The van der Waals surface area contributed by atoms with Crippen molar-refractivity contribution in [2.24, 2.45) is 5.92 Å². The van der Waals surface area contributed by atoms with Crippen LogP contribution in [-0.4, -0.2) is 65.6 Å². The lowest BCUT2D eigenvalue weighted by Crippen LogP contribution is -2.49. The number of fused-ring (bicyclic) bond motifs is 1. The van der Waals surface area contributed by atoms with Crippen LogP contribution >= 0.6 is 0 Å². The number of ether oxygens (including phenoxy) is 2. The van der Waals surface area contributed by atoms with Gasteiger partial charge < -0.3 is 24.8 Å². The number of para-hydroxylation sites is 2. The van der Waals surface area contributed by atoms with Crippen molar-refractivity contribution in [2.75, 3.05) is 32.1 Å². The van der Waals surface area contributed by atoms with Gasteiger partial charge in [0.25, 0.3) is 11.8 Å². The zero-order valence-corrected chi connectivity index (χ0v) is 26.6. The first-order valence-electron chi connectivity index (χ1n) is 15.5. The number of hydrogen-bond donors (Lipinski definition) is 2. The largest absolute Gasteiger partial charge is 0.486 e. The smallest absolute Gasteiger partial charge is 0.350 e. The summed E-state index contributed by atoms with van der Waals surface area (Å²) in [6.07, 6.45) is -0.506. The minimum Gasteiger partial charge on any atom is -0.486 e. The van der Waals surface area contributed by atoms with Crippen LogP contribution in [-0.2, 0) is 17.3 Å². The molecule has 0 fully saturated rings. The highest BCUT2D eigenvalue weighted by Gasteiger charge is 2.42. The number of nitrogens with zero attached hydrogens (tertiary/aromatic N) is 2. The first-order valence-corrected chi connectivity index (χ1v) is 15.5. The topological polar surface area (TPSA) is 91.3 Å². The van der Waals surface area contributed by atoms with Crippen LogP contribution in [0.3, 0.4) is 0 Å². The molecule has 3 atom stereocenters. The molecule has 0 saturated heterocycles. The number of anilines is 1. The predicted octanol–water partition coefficient (Wildman–Crippen LogP) is 6.56. The van der Waals surface area contributed by atoms with Crippen LogP contribution in [0.4, 0.5) is 14.5 Å². The van der Waals surface area contributed by atoms with E-state index in [1.165, 1.54) is 42.5 Å². The Hall–Kier alpha value is -4.80. The Balaban J connectivity index is 1.38. The van der Waals surface area contributed by atoms with Gasteiger partial charge in [-0.1, -0.05) is 73.7 Å². The Bertz CT molecular complexity index is 1650. The summed E-state index contributed by atoms with van der Waals surface area (Å²) in [5.74, 6) is -4.55. The molecule has 246 valence electrons. The van der Waals surface area contributed by atoms with Gasteiger partial charge in [-0.2, -0.15) is 8.78 Å². The maximum atomic E-state index is 15.2. The maximum Gasteiger partial charge on any atom is 0.350 e. The van der Waals surface area contributed by atoms with Gasteiger partial charge in [0.05, 0.1) is 23.9 Å². The van der Waals surface area contributed by atoms with Crippen LogP contribution in [0.25, 0.3) is 0 Å². The number of nitrogens with one attached hydrogen (secondary N) is 1. The van der Waals surface area contributed by atoms with Gasteiger partial charge in [0, 0.05) is 31.1 Å². The van der Waals surface area contributed by atoms with Crippen molar-refractivity contribution in [1.29, 1.82) is 0 Å². The van der Waals surface area contributed by atoms with E-state index < -0.39 is 35.4 Å². The number of rotatable bonds is 11. The number of benzene rings is 4. The quantitative estimate of drug-likeness (QED) is 0.192. The van der Waals surface area contributed by atoms with Crippen molar-refractivity contribution in [3.05, 3.63) is 120 Å². The molecule has 2 N–H and O–H groups in total. The lowest BCUT2D eigenvalue weighted by molar-refractivity contribution is -0.140. The first kappa shape index (κ1) is 33.6. The summed E-state index contributed by atoms with van der Waals surface area (Å²) in [5, 5.41) is 12.3. The van der Waals surface area contributed by atoms with Gasteiger partial charge in [-0.25, -0.2) is 0 Å². The van der Waals surface area contributed by atoms with Crippen molar-refractivity contribution in [3.8, 4) is 17.2 Å². The molecule has 0 spiro atoms. The Morgan fingerprint density at radius 2 is 1.64 bits per heavy atom. The minimum atomic E-state index is -3.83. The number of aliphatic hydroxyl groups is 1. The summed E-state index contributed by atoms with van der Waals surface area (Å²) >= 11 is 0. The molecule has 1 aliphatic heterocycles. The zero-order valence-electron chi connectivity index (χ0n) is 26.6. The van der Waals surface area contributed by atoms with Gasteiger partial charge in [0.1, 0.15) is 17.6 Å². The number of likely N-dealkylation sites (N-methyl/N-ethyl adjacent to an activating group) is 1. The summed E-state index contributed by atoms with van der Waals surface area (Å²) in [6.45, 7) is 4.71. The van der Waals surface area contributed by atoms with E-state index >= 15 is 8.78 Å². The number of carbonyl (C=O) groups is 2. The lowest BCUT2D eigenvalue weighted by Gasteiger charge is -2.38. The molecule has 1 aliphatic rings. The van der Waals surface area contributed by atoms with Crippen molar-refractivity contribution in [3.63, 3.8) is 0 Å². The van der Waals surface area contributed by atoms with E-state index in [1.807, 2.05) is 68.6 Å². The van der Waals surface area contributed by atoms with Gasteiger partial charge >= 0.3 is 5.92 Å². The molecule has 0 radical (unpaired) electrons. The zero-order chi connectivity index (χ0) is 33.6. The third-order valence-corrected chi connectivity index (χ3v) is 8.21. The summed E-state index contributed by atoms with van der Waals surface area (Å²) < 4.78 is 42.8. The van der Waals surface area contributed by atoms with Gasteiger partial charge in [-0.05, 0) is 55.9 Å². The normalized spacial score (nSPS) is 17.3. The van der Waals surface area contributed by atoms with Crippen LogP contribution in [0.2, 0.25) is 0 Å². The standard InChI is InChI=1S/C37H39F2N3O5/c1-25-21-42(26(2)24-43)35(44)31-15-10-16-32(40-36(45)37(38,39)28-11-6-4-7-12-28)34(31)47-33(25)23-41(3)22-27-17-19-30(20-18-27)46-29-13-8-5-9-14-29/h4-20,25-26,33,43H,21-24H2,1-3H3,(H,40,45)/t25-,26?,33-/m1/s1. The Morgan fingerprint density at radius 1 is 1.00 bits per heavy atom. The second kappa shape index (κ2) is 14.7. The number of alkyl halides is 2. The number of hydrogen-bond acceptors (Lipinski definition) is 6. The molecule has 1 unspecified atom stereocenters. The van der Waals surface area contributed by atoms with Gasteiger partial charge in [0.2, 0.25) is 0 Å². The molecule has 1 heterocycles. The molecule has 10 heteroatoms. The van der Waals surface area contributed by atoms with Crippen LogP contribution in [0.1, 0.15) is 35.3 Å². The van der Waals surface area contributed by atoms with E-state index in [0.29, 0.717) is 25.4 Å². The third-order valence-electron chi connectivity index (χ3n) is 8.21. The molecule has 4 aromatic rings. The second-order valence-electron chi connectivity index (χ2n) is 12.0. The SMILES string of the molecule is CC(CO)N1C[C@@H](C)[C@@H](CN(C)Cc2ccc(Oc3ccccc3)cc2)Oc2c(NC(=O)C(F)(F)c3ccccc3)cccc2C1=O. The lowest BCUT2D eigenvalue weighted by atomic mass is 9.98. The number of carbonyl (C=O) groups excluding carboxylic acids is 2. The Kier molecular flexibility index (Phi) is 10.5. The van der Waals surface area contributed by atoms with Crippen LogP contribution in [0, 0.1) is 5.92 Å². The van der Waals surface area contributed by atoms with Crippen molar-refractivity contribution >= 4 is 17.5 Å². The first-order chi connectivity index (χ1) is 22.6. The van der Waals surface area contributed by atoms with E-state index in [-0.39, 0.29) is 29.5 Å².